The quantitative estimate of drug-likeness (QED) is 0.922. The van der Waals surface area contributed by atoms with Crippen molar-refractivity contribution < 1.29 is 4.74 Å². The molecule has 0 spiro atoms. The van der Waals surface area contributed by atoms with Crippen LogP contribution in [0.3, 0.4) is 0 Å². The van der Waals surface area contributed by atoms with Crippen molar-refractivity contribution in [3.8, 4) is 5.75 Å². The molecule has 1 aliphatic heterocycles. The zero-order valence-electron chi connectivity index (χ0n) is 10.7. The third-order valence-corrected chi connectivity index (χ3v) is 3.35. The molecule has 0 saturated heterocycles. The maximum atomic E-state index is 5.67. The van der Waals surface area contributed by atoms with Crippen LogP contribution in [0, 0.1) is 0 Å². The van der Waals surface area contributed by atoms with Crippen LogP contribution in [0.25, 0.3) is 0 Å². The maximum absolute atomic E-state index is 5.67. The Morgan fingerprint density at radius 1 is 1.00 bits per heavy atom. The Balaban J connectivity index is 0.00000133. The topological polar surface area (TPSA) is 21.3 Å². The van der Waals surface area contributed by atoms with Gasteiger partial charge in [-0.15, -0.1) is 12.4 Å². The van der Waals surface area contributed by atoms with Crippen LogP contribution in [0.1, 0.15) is 23.6 Å². The standard InChI is InChI=1S/C16H17NO.ClH/c1-2-6-13(7-3-1)12-17-15-10-11-18-16-9-5-4-8-14(15)16;/h1-9,15,17H,10-12H2;1H. The lowest BCUT2D eigenvalue weighted by molar-refractivity contribution is 0.252. The molecule has 0 saturated carbocycles. The molecular formula is C16H18ClNO. The van der Waals surface area contributed by atoms with E-state index in [1.54, 1.807) is 0 Å². The van der Waals surface area contributed by atoms with Crippen molar-refractivity contribution in [3.05, 3.63) is 65.7 Å². The van der Waals surface area contributed by atoms with Gasteiger partial charge in [0.25, 0.3) is 0 Å². The van der Waals surface area contributed by atoms with Gasteiger partial charge >= 0.3 is 0 Å². The van der Waals surface area contributed by atoms with Gasteiger partial charge in [-0.1, -0.05) is 48.5 Å². The van der Waals surface area contributed by atoms with Gasteiger partial charge < -0.3 is 10.1 Å². The molecule has 0 radical (unpaired) electrons. The molecule has 0 fully saturated rings. The molecule has 1 atom stereocenters. The van der Waals surface area contributed by atoms with Gasteiger partial charge in [0.15, 0.2) is 0 Å². The molecule has 0 aliphatic carbocycles. The molecule has 3 rings (SSSR count). The number of fused-ring (bicyclic) bond motifs is 1. The molecule has 0 aromatic heterocycles. The van der Waals surface area contributed by atoms with Gasteiger partial charge in [-0.05, 0) is 11.6 Å². The lowest BCUT2D eigenvalue weighted by atomic mass is 10.0. The molecule has 1 unspecified atom stereocenters. The van der Waals surface area contributed by atoms with E-state index >= 15 is 0 Å². The van der Waals surface area contributed by atoms with Crippen LogP contribution >= 0.6 is 12.4 Å². The largest absolute Gasteiger partial charge is 0.493 e. The molecule has 100 valence electrons. The third-order valence-electron chi connectivity index (χ3n) is 3.35. The van der Waals surface area contributed by atoms with E-state index in [0.717, 1.165) is 25.3 Å². The zero-order valence-corrected chi connectivity index (χ0v) is 11.5. The molecule has 1 N–H and O–H groups in total. The van der Waals surface area contributed by atoms with Gasteiger partial charge in [0.2, 0.25) is 0 Å². The fraction of sp³-hybridized carbons (Fsp3) is 0.250. The van der Waals surface area contributed by atoms with Crippen molar-refractivity contribution >= 4 is 12.4 Å². The number of rotatable bonds is 3. The van der Waals surface area contributed by atoms with Crippen LogP contribution in [-0.2, 0) is 6.54 Å². The van der Waals surface area contributed by atoms with Crippen LogP contribution in [0.15, 0.2) is 54.6 Å². The van der Waals surface area contributed by atoms with Crippen molar-refractivity contribution in [2.45, 2.75) is 19.0 Å². The minimum atomic E-state index is 0. The summed E-state index contributed by atoms with van der Waals surface area (Å²) in [6, 6.07) is 19.2. The fourth-order valence-corrected chi connectivity index (χ4v) is 2.39. The van der Waals surface area contributed by atoms with E-state index in [4.69, 9.17) is 4.74 Å². The highest BCUT2D eigenvalue weighted by Gasteiger charge is 2.19. The highest BCUT2D eigenvalue weighted by Crippen LogP contribution is 2.31. The second-order valence-corrected chi connectivity index (χ2v) is 4.59. The highest BCUT2D eigenvalue weighted by molar-refractivity contribution is 5.85. The van der Waals surface area contributed by atoms with Crippen molar-refractivity contribution in [1.29, 1.82) is 0 Å². The SMILES string of the molecule is Cl.c1ccc(CNC2CCOc3ccccc32)cc1. The summed E-state index contributed by atoms with van der Waals surface area (Å²) in [6.07, 6.45) is 1.03. The van der Waals surface area contributed by atoms with Crippen molar-refractivity contribution in [1.82, 2.24) is 5.32 Å². The Bertz CT molecular complexity index is 515. The Morgan fingerprint density at radius 2 is 1.74 bits per heavy atom. The smallest absolute Gasteiger partial charge is 0.124 e. The predicted octanol–water partition coefficient (Wildman–Crippen LogP) is 3.72. The molecule has 3 heteroatoms. The number of benzene rings is 2. The predicted molar refractivity (Wildman–Crippen MR) is 79.8 cm³/mol. The Kier molecular flexibility index (Phi) is 4.83. The Morgan fingerprint density at radius 3 is 2.58 bits per heavy atom. The lowest BCUT2D eigenvalue weighted by Crippen LogP contribution is -2.26. The first-order chi connectivity index (χ1) is 8.93. The molecule has 1 aliphatic rings. The number of hydrogen-bond acceptors (Lipinski definition) is 2. The van der Waals surface area contributed by atoms with Gasteiger partial charge in [0.05, 0.1) is 6.61 Å². The van der Waals surface area contributed by atoms with E-state index in [1.165, 1.54) is 11.1 Å². The number of halogens is 1. The summed E-state index contributed by atoms with van der Waals surface area (Å²) in [7, 11) is 0. The van der Waals surface area contributed by atoms with Gasteiger partial charge in [0, 0.05) is 24.6 Å². The summed E-state index contributed by atoms with van der Waals surface area (Å²) in [5.74, 6) is 1.02. The normalized spacial score (nSPS) is 16.9. The molecule has 19 heavy (non-hydrogen) atoms. The van der Waals surface area contributed by atoms with Gasteiger partial charge in [0.1, 0.15) is 5.75 Å². The summed E-state index contributed by atoms with van der Waals surface area (Å²) in [5, 5.41) is 3.61. The average Bonchev–Trinajstić information content (AvgIpc) is 2.46. The van der Waals surface area contributed by atoms with Crippen LogP contribution in [0.5, 0.6) is 5.75 Å². The van der Waals surface area contributed by atoms with Crippen molar-refractivity contribution in [3.63, 3.8) is 0 Å². The monoisotopic (exact) mass is 275 g/mol. The maximum Gasteiger partial charge on any atom is 0.124 e. The molecule has 2 aromatic rings. The summed E-state index contributed by atoms with van der Waals surface area (Å²) < 4.78 is 5.67. The molecule has 0 amide bonds. The summed E-state index contributed by atoms with van der Waals surface area (Å²) in [4.78, 5) is 0. The molecule has 2 nitrogen and oxygen atoms in total. The van der Waals surface area contributed by atoms with Crippen LogP contribution in [0.4, 0.5) is 0 Å². The fourth-order valence-electron chi connectivity index (χ4n) is 2.39. The number of hydrogen-bond donors (Lipinski definition) is 1. The van der Waals surface area contributed by atoms with Gasteiger partial charge in [-0.25, -0.2) is 0 Å². The first-order valence-corrected chi connectivity index (χ1v) is 6.42. The van der Waals surface area contributed by atoms with Crippen molar-refractivity contribution in [2.24, 2.45) is 0 Å². The molecule has 2 aromatic carbocycles. The summed E-state index contributed by atoms with van der Waals surface area (Å²) in [5.41, 5.74) is 2.60. The minimum absolute atomic E-state index is 0. The zero-order chi connectivity index (χ0) is 12.2. The van der Waals surface area contributed by atoms with Crippen molar-refractivity contribution in [2.75, 3.05) is 6.61 Å². The number of ether oxygens (including phenoxy) is 1. The van der Waals surface area contributed by atoms with Crippen LogP contribution in [-0.4, -0.2) is 6.61 Å². The van der Waals surface area contributed by atoms with E-state index in [0.29, 0.717) is 6.04 Å². The van der Waals surface area contributed by atoms with E-state index in [2.05, 4.69) is 41.7 Å². The van der Waals surface area contributed by atoms with E-state index in [-0.39, 0.29) is 12.4 Å². The Labute approximate surface area is 120 Å². The summed E-state index contributed by atoms with van der Waals surface area (Å²) in [6.45, 7) is 1.70. The Hall–Kier alpha value is -1.51. The second-order valence-electron chi connectivity index (χ2n) is 4.59. The first-order valence-electron chi connectivity index (χ1n) is 6.42. The number of para-hydroxylation sites is 1. The van der Waals surface area contributed by atoms with E-state index in [9.17, 15) is 0 Å². The van der Waals surface area contributed by atoms with Crippen LogP contribution in [0.2, 0.25) is 0 Å². The number of nitrogens with one attached hydrogen (secondary N) is 1. The molecular weight excluding hydrogens is 258 g/mol. The van der Waals surface area contributed by atoms with Gasteiger partial charge in [-0.3, -0.25) is 0 Å². The lowest BCUT2D eigenvalue weighted by Gasteiger charge is -2.26. The minimum Gasteiger partial charge on any atom is -0.493 e. The summed E-state index contributed by atoms with van der Waals surface area (Å²) >= 11 is 0. The molecule has 1 heterocycles. The highest BCUT2D eigenvalue weighted by atomic mass is 35.5. The second kappa shape index (κ2) is 6.60. The van der Waals surface area contributed by atoms with E-state index < -0.39 is 0 Å². The van der Waals surface area contributed by atoms with Gasteiger partial charge in [-0.2, -0.15) is 0 Å². The average molecular weight is 276 g/mol. The molecule has 0 bridgehead atoms. The van der Waals surface area contributed by atoms with E-state index in [1.807, 2.05) is 18.2 Å². The third kappa shape index (κ3) is 3.28. The first kappa shape index (κ1) is 13.9. The van der Waals surface area contributed by atoms with Crippen LogP contribution < -0.4 is 10.1 Å².